The summed E-state index contributed by atoms with van der Waals surface area (Å²) in [5.41, 5.74) is 0. The van der Waals surface area contributed by atoms with Crippen LogP contribution in [0.25, 0.3) is 0 Å². The lowest BCUT2D eigenvalue weighted by molar-refractivity contribution is -0.134. The monoisotopic (exact) mass is 414 g/mol. The van der Waals surface area contributed by atoms with Gasteiger partial charge in [0, 0.05) is 45.5 Å². The van der Waals surface area contributed by atoms with Crippen molar-refractivity contribution in [3.8, 4) is 0 Å². The summed E-state index contributed by atoms with van der Waals surface area (Å²) in [4.78, 5) is 20.9. The van der Waals surface area contributed by atoms with E-state index in [4.69, 9.17) is 4.74 Å². The number of morpholine rings is 1. The Labute approximate surface area is 164 Å². The summed E-state index contributed by atoms with van der Waals surface area (Å²) in [7, 11) is -1.54. The van der Waals surface area contributed by atoms with Crippen LogP contribution in [0.3, 0.4) is 0 Å². The van der Waals surface area contributed by atoms with Gasteiger partial charge in [-0.1, -0.05) is 11.8 Å². The van der Waals surface area contributed by atoms with Gasteiger partial charge < -0.3 is 14.5 Å². The number of hydrogen-bond donors (Lipinski definition) is 0. The van der Waals surface area contributed by atoms with Crippen molar-refractivity contribution in [1.82, 2.24) is 19.1 Å². The predicted octanol–water partition coefficient (Wildman–Crippen LogP) is 0.357. The number of ether oxygens (including phenoxy) is 1. The molecule has 2 aliphatic heterocycles. The van der Waals surface area contributed by atoms with Crippen molar-refractivity contribution < 1.29 is 17.9 Å². The summed E-state index contributed by atoms with van der Waals surface area (Å²) in [5.74, 6) is 0.0548. The fourth-order valence-electron chi connectivity index (χ4n) is 3.04. The van der Waals surface area contributed by atoms with Crippen LogP contribution < -0.4 is 0 Å². The molecular formula is C17H26N4O4S2. The van der Waals surface area contributed by atoms with Crippen LogP contribution in [0.5, 0.6) is 0 Å². The maximum atomic E-state index is 12.7. The van der Waals surface area contributed by atoms with Crippen molar-refractivity contribution in [3.05, 3.63) is 18.3 Å². The van der Waals surface area contributed by atoms with Crippen LogP contribution in [0.15, 0.2) is 28.3 Å². The SMILES string of the molecule is C[C@@H](Sc1ccc(S(=O)(=O)N2CCN(C)CC2)cn1)C(=O)N1CCOCC1. The molecule has 0 aromatic carbocycles. The minimum Gasteiger partial charge on any atom is -0.378 e. The summed E-state index contributed by atoms with van der Waals surface area (Å²) in [5, 5.41) is 0.358. The standard InChI is InChI=1S/C17H26N4O4S2/c1-14(17(22)20-9-11-25-12-10-20)26-16-4-3-15(13-18-16)27(23,24)21-7-5-19(2)6-8-21/h3-4,13-14H,5-12H2,1-2H3/t14-/m1/s1. The Hall–Kier alpha value is -1.20. The maximum absolute atomic E-state index is 12.7. The molecule has 2 saturated heterocycles. The largest absolute Gasteiger partial charge is 0.378 e. The smallest absolute Gasteiger partial charge is 0.244 e. The molecule has 0 spiro atoms. The Kier molecular flexibility index (Phi) is 6.74. The van der Waals surface area contributed by atoms with Crippen molar-refractivity contribution in [2.45, 2.75) is 22.1 Å². The number of rotatable bonds is 5. The first-order valence-electron chi connectivity index (χ1n) is 9.06. The molecule has 0 unspecified atom stereocenters. The summed E-state index contributed by atoms with van der Waals surface area (Å²) in [6.45, 7) is 6.63. The quantitative estimate of drug-likeness (QED) is 0.643. The van der Waals surface area contributed by atoms with Crippen LogP contribution in [0.2, 0.25) is 0 Å². The third kappa shape index (κ3) is 5.00. The molecule has 3 heterocycles. The minimum atomic E-state index is -3.52. The molecule has 1 aromatic rings. The molecule has 3 rings (SSSR count). The van der Waals surface area contributed by atoms with E-state index < -0.39 is 10.0 Å². The molecule has 0 radical (unpaired) electrons. The average Bonchev–Trinajstić information content (AvgIpc) is 2.69. The molecule has 0 N–H and O–H groups in total. The molecule has 150 valence electrons. The third-order valence-corrected chi connectivity index (χ3v) is 7.70. The second-order valence-corrected chi connectivity index (χ2v) is 10.0. The zero-order chi connectivity index (χ0) is 19.4. The number of carbonyl (C=O) groups is 1. The highest BCUT2D eigenvalue weighted by Gasteiger charge is 2.28. The number of pyridine rings is 1. The van der Waals surface area contributed by atoms with Crippen LogP contribution in [-0.2, 0) is 19.6 Å². The maximum Gasteiger partial charge on any atom is 0.244 e. The Morgan fingerprint density at radius 2 is 1.81 bits per heavy atom. The highest BCUT2D eigenvalue weighted by Crippen LogP contribution is 2.25. The summed E-state index contributed by atoms with van der Waals surface area (Å²) >= 11 is 1.34. The predicted molar refractivity (Wildman–Crippen MR) is 103 cm³/mol. The van der Waals surface area contributed by atoms with Gasteiger partial charge in [0.2, 0.25) is 15.9 Å². The number of aromatic nitrogens is 1. The second-order valence-electron chi connectivity index (χ2n) is 6.74. The van der Waals surface area contributed by atoms with E-state index in [9.17, 15) is 13.2 Å². The average molecular weight is 415 g/mol. The van der Waals surface area contributed by atoms with Crippen molar-refractivity contribution in [2.24, 2.45) is 0 Å². The van der Waals surface area contributed by atoms with Crippen LogP contribution in [0.1, 0.15) is 6.92 Å². The van der Waals surface area contributed by atoms with Gasteiger partial charge in [0.1, 0.15) is 4.90 Å². The Morgan fingerprint density at radius 3 is 2.41 bits per heavy atom. The van der Waals surface area contributed by atoms with E-state index >= 15 is 0 Å². The molecule has 27 heavy (non-hydrogen) atoms. The lowest BCUT2D eigenvalue weighted by Gasteiger charge is -2.31. The molecule has 2 aliphatic rings. The van der Waals surface area contributed by atoms with Crippen LogP contribution in [-0.4, -0.2) is 98.2 Å². The van der Waals surface area contributed by atoms with E-state index in [0.29, 0.717) is 44.4 Å². The molecule has 0 bridgehead atoms. The van der Waals surface area contributed by atoms with Gasteiger partial charge in [-0.05, 0) is 26.1 Å². The molecule has 8 nitrogen and oxygen atoms in total. The zero-order valence-corrected chi connectivity index (χ0v) is 17.3. The first kappa shape index (κ1) is 20.5. The van der Waals surface area contributed by atoms with Crippen LogP contribution >= 0.6 is 11.8 Å². The van der Waals surface area contributed by atoms with Gasteiger partial charge >= 0.3 is 0 Å². The molecule has 1 amide bonds. The number of carbonyl (C=O) groups excluding carboxylic acids is 1. The Morgan fingerprint density at radius 1 is 1.15 bits per heavy atom. The lowest BCUT2D eigenvalue weighted by Crippen LogP contribution is -2.47. The van der Waals surface area contributed by atoms with E-state index in [2.05, 4.69) is 9.88 Å². The fraction of sp³-hybridized carbons (Fsp3) is 0.647. The fourth-order valence-corrected chi connectivity index (χ4v) is 5.28. The number of likely N-dealkylation sites (N-methyl/N-ethyl adjacent to an activating group) is 1. The molecule has 0 aliphatic carbocycles. The van der Waals surface area contributed by atoms with E-state index in [-0.39, 0.29) is 16.1 Å². The molecule has 2 fully saturated rings. The number of sulfonamides is 1. The first-order chi connectivity index (χ1) is 12.9. The van der Waals surface area contributed by atoms with Crippen molar-refractivity contribution in [3.63, 3.8) is 0 Å². The highest BCUT2D eigenvalue weighted by molar-refractivity contribution is 8.00. The third-order valence-electron chi connectivity index (χ3n) is 4.78. The highest BCUT2D eigenvalue weighted by atomic mass is 32.2. The van der Waals surface area contributed by atoms with Crippen LogP contribution in [0, 0.1) is 0 Å². The van der Waals surface area contributed by atoms with E-state index in [1.54, 1.807) is 17.0 Å². The number of nitrogens with zero attached hydrogens (tertiary/aromatic N) is 4. The van der Waals surface area contributed by atoms with Gasteiger partial charge in [-0.15, -0.1) is 0 Å². The van der Waals surface area contributed by atoms with E-state index in [1.807, 2.05) is 14.0 Å². The normalized spacial score (nSPS) is 21.2. The number of thioether (sulfide) groups is 1. The number of amides is 1. The lowest BCUT2D eigenvalue weighted by atomic mass is 10.3. The van der Waals surface area contributed by atoms with E-state index in [1.165, 1.54) is 22.3 Å². The summed E-state index contributed by atoms with van der Waals surface area (Å²) in [6.07, 6.45) is 1.39. The van der Waals surface area contributed by atoms with E-state index in [0.717, 1.165) is 13.1 Å². The van der Waals surface area contributed by atoms with Crippen molar-refractivity contribution in [2.75, 3.05) is 59.5 Å². The first-order valence-corrected chi connectivity index (χ1v) is 11.4. The number of hydrogen-bond acceptors (Lipinski definition) is 7. The van der Waals surface area contributed by atoms with Gasteiger partial charge in [0.05, 0.1) is 23.5 Å². The van der Waals surface area contributed by atoms with Gasteiger partial charge in [0.25, 0.3) is 0 Å². The van der Waals surface area contributed by atoms with Crippen molar-refractivity contribution in [1.29, 1.82) is 0 Å². The topological polar surface area (TPSA) is 83.1 Å². The molecular weight excluding hydrogens is 388 g/mol. The van der Waals surface area contributed by atoms with Gasteiger partial charge in [-0.25, -0.2) is 13.4 Å². The van der Waals surface area contributed by atoms with Crippen molar-refractivity contribution >= 4 is 27.7 Å². The molecule has 1 atom stereocenters. The molecule has 1 aromatic heterocycles. The second kappa shape index (κ2) is 8.87. The summed E-state index contributed by atoms with van der Waals surface area (Å²) in [6, 6.07) is 3.26. The van der Waals surface area contributed by atoms with Crippen LogP contribution in [0.4, 0.5) is 0 Å². The Balaban J connectivity index is 1.62. The van der Waals surface area contributed by atoms with Gasteiger partial charge in [0.15, 0.2) is 0 Å². The summed E-state index contributed by atoms with van der Waals surface area (Å²) < 4.78 is 32.2. The minimum absolute atomic E-state index is 0.0548. The van der Waals surface area contributed by atoms with Gasteiger partial charge in [-0.3, -0.25) is 4.79 Å². The number of piperazine rings is 1. The Bertz CT molecular complexity index is 743. The molecule has 10 heteroatoms. The van der Waals surface area contributed by atoms with Gasteiger partial charge in [-0.2, -0.15) is 4.31 Å². The molecule has 0 saturated carbocycles. The zero-order valence-electron chi connectivity index (χ0n) is 15.7.